The Kier molecular flexibility index (Phi) is 4.48. The van der Waals surface area contributed by atoms with Crippen molar-refractivity contribution in [2.24, 2.45) is 0 Å². The van der Waals surface area contributed by atoms with Crippen LogP contribution in [0.2, 0.25) is 0 Å². The second-order valence-electron chi connectivity index (χ2n) is 6.30. The summed E-state index contributed by atoms with van der Waals surface area (Å²) in [5, 5.41) is 0. The van der Waals surface area contributed by atoms with Gasteiger partial charge in [-0.3, -0.25) is 4.79 Å². The van der Waals surface area contributed by atoms with Gasteiger partial charge in [0.1, 0.15) is 0 Å². The number of rotatable bonds is 5. The van der Waals surface area contributed by atoms with E-state index in [0.717, 1.165) is 23.2 Å². The molecule has 1 heterocycles. The molecule has 4 aromatic rings. The van der Waals surface area contributed by atoms with Crippen molar-refractivity contribution in [2.75, 3.05) is 0 Å². The summed E-state index contributed by atoms with van der Waals surface area (Å²) in [5.41, 5.74) is 4.68. The molecule has 3 aromatic carbocycles. The maximum Gasteiger partial charge on any atom is 0.195 e. The molecule has 2 nitrogen and oxygen atoms in total. The molecule has 0 N–H and O–H groups in total. The Morgan fingerprint density at radius 1 is 0.692 bits per heavy atom. The average molecular weight is 337 g/mol. The molecule has 0 saturated carbocycles. The third kappa shape index (κ3) is 3.35. The first-order chi connectivity index (χ1) is 12.8. The van der Waals surface area contributed by atoms with Crippen LogP contribution < -0.4 is 0 Å². The standard InChI is InChI=1S/C24H19NO/c26-24(21-14-8-3-9-15-21)23-18-25(16-19-10-4-1-5-11-19)17-22(23)20-12-6-2-7-13-20/h1-15,17-18H,16H2. The first-order valence-electron chi connectivity index (χ1n) is 8.70. The van der Waals surface area contributed by atoms with Crippen molar-refractivity contribution in [1.29, 1.82) is 0 Å². The molecule has 0 saturated heterocycles. The van der Waals surface area contributed by atoms with Gasteiger partial charge in [0.25, 0.3) is 0 Å². The van der Waals surface area contributed by atoms with E-state index in [0.29, 0.717) is 5.56 Å². The van der Waals surface area contributed by atoms with Crippen LogP contribution in [-0.4, -0.2) is 10.4 Å². The molecule has 26 heavy (non-hydrogen) atoms. The minimum Gasteiger partial charge on any atom is -0.349 e. The van der Waals surface area contributed by atoms with Gasteiger partial charge in [0.05, 0.1) is 0 Å². The van der Waals surface area contributed by atoms with Crippen LogP contribution in [0.3, 0.4) is 0 Å². The third-order valence-corrected chi connectivity index (χ3v) is 4.45. The van der Waals surface area contributed by atoms with E-state index >= 15 is 0 Å². The molecule has 0 aliphatic heterocycles. The molecular weight excluding hydrogens is 318 g/mol. The molecule has 1 aromatic heterocycles. The molecule has 0 aliphatic carbocycles. The summed E-state index contributed by atoms with van der Waals surface area (Å²) in [5.74, 6) is 0.0521. The van der Waals surface area contributed by atoms with Crippen molar-refractivity contribution >= 4 is 5.78 Å². The summed E-state index contributed by atoms with van der Waals surface area (Å²) in [4.78, 5) is 13.1. The molecule has 4 rings (SSSR count). The molecule has 0 atom stereocenters. The Balaban J connectivity index is 1.77. The molecule has 0 amide bonds. The van der Waals surface area contributed by atoms with E-state index in [2.05, 4.69) is 22.9 Å². The predicted octanol–water partition coefficient (Wildman–Crippen LogP) is 5.43. The SMILES string of the molecule is O=C(c1ccccc1)c1cn(Cc2ccccc2)cc1-c1ccccc1. The smallest absolute Gasteiger partial charge is 0.195 e. The first kappa shape index (κ1) is 16.1. The summed E-state index contributed by atoms with van der Waals surface area (Å²) in [6.07, 6.45) is 4.03. The lowest BCUT2D eigenvalue weighted by molar-refractivity contribution is 0.103. The van der Waals surface area contributed by atoms with E-state index in [4.69, 9.17) is 0 Å². The van der Waals surface area contributed by atoms with Crippen molar-refractivity contribution in [1.82, 2.24) is 4.57 Å². The summed E-state index contributed by atoms with van der Waals surface area (Å²) in [7, 11) is 0. The Morgan fingerprint density at radius 3 is 1.92 bits per heavy atom. The van der Waals surface area contributed by atoms with Crippen LogP contribution in [-0.2, 0) is 6.54 Å². The summed E-state index contributed by atoms with van der Waals surface area (Å²) in [6, 6.07) is 29.8. The van der Waals surface area contributed by atoms with Crippen LogP contribution in [0.1, 0.15) is 21.5 Å². The minimum absolute atomic E-state index is 0.0521. The van der Waals surface area contributed by atoms with Crippen molar-refractivity contribution < 1.29 is 4.79 Å². The lowest BCUT2D eigenvalue weighted by atomic mass is 9.98. The maximum atomic E-state index is 13.1. The zero-order chi connectivity index (χ0) is 17.8. The molecule has 0 bridgehead atoms. The second kappa shape index (κ2) is 7.24. The lowest BCUT2D eigenvalue weighted by Crippen LogP contribution is -2.02. The highest BCUT2D eigenvalue weighted by Crippen LogP contribution is 2.27. The van der Waals surface area contributed by atoms with Gasteiger partial charge >= 0.3 is 0 Å². The van der Waals surface area contributed by atoms with Gasteiger partial charge in [0.2, 0.25) is 0 Å². The van der Waals surface area contributed by atoms with Gasteiger partial charge in [0, 0.05) is 35.6 Å². The van der Waals surface area contributed by atoms with Gasteiger partial charge in [-0.15, -0.1) is 0 Å². The van der Waals surface area contributed by atoms with Gasteiger partial charge in [0.15, 0.2) is 5.78 Å². The van der Waals surface area contributed by atoms with E-state index in [1.807, 2.05) is 85.1 Å². The molecule has 126 valence electrons. The number of nitrogens with zero attached hydrogens (tertiary/aromatic N) is 1. The molecule has 0 unspecified atom stereocenters. The van der Waals surface area contributed by atoms with Gasteiger partial charge in [-0.05, 0) is 11.1 Å². The number of carbonyl (C=O) groups is 1. The Morgan fingerprint density at radius 2 is 1.27 bits per heavy atom. The van der Waals surface area contributed by atoms with E-state index in [1.54, 1.807) is 0 Å². The van der Waals surface area contributed by atoms with Crippen molar-refractivity contribution in [3.63, 3.8) is 0 Å². The van der Waals surface area contributed by atoms with Crippen molar-refractivity contribution in [2.45, 2.75) is 6.54 Å². The quantitative estimate of drug-likeness (QED) is 0.445. The van der Waals surface area contributed by atoms with E-state index < -0.39 is 0 Å². The fraction of sp³-hybridized carbons (Fsp3) is 0.0417. The average Bonchev–Trinajstić information content (AvgIpc) is 3.13. The summed E-state index contributed by atoms with van der Waals surface area (Å²) >= 11 is 0. The highest BCUT2D eigenvalue weighted by atomic mass is 16.1. The van der Waals surface area contributed by atoms with E-state index in [1.165, 1.54) is 5.56 Å². The third-order valence-electron chi connectivity index (χ3n) is 4.45. The molecule has 0 aliphatic rings. The van der Waals surface area contributed by atoms with E-state index in [-0.39, 0.29) is 5.78 Å². The molecule has 0 fully saturated rings. The van der Waals surface area contributed by atoms with Crippen molar-refractivity contribution in [3.05, 3.63) is 120 Å². The van der Waals surface area contributed by atoms with Crippen LogP contribution in [0, 0.1) is 0 Å². The van der Waals surface area contributed by atoms with Gasteiger partial charge in [-0.2, -0.15) is 0 Å². The zero-order valence-corrected chi connectivity index (χ0v) is 14.4. The Bertz CT molecular complexity index is 1000. The van der Waals surface area contributed by atoms with Crippen molar-refractivity contribution in [3.8, 4) is 11.1 Å². The Hall–Kier alpha value is -3.39. The monoisotopic (exact) mass is 337 g/mol. The number of hydrogen-bond donors (Lipinski definition) is 0. The largest absolute Gasteiger partial charge is 0.349 e. The normalized spacial score (nSPS) is 10.6. The lowest BCUT2D eigenvalue weighted by Gasteiger charge is -2.03. The van der Waals surface area contributed by atoms with Gasteiger partial charge in [-0.1, -0.05) is 91.0 Å². The topological polar surface area (TPSA) is 22.0 Å². The highest BCUT2D eigenvalue weighted by molar-refractivity contribution is 6.12. The summed E-state index contributed by atoms with van der Waals surface area (Å²) in [6.45, 7) is 0.739. The van der Waals surface area contributed by atoms with Crippen LogP contribution in [0.25, 0.3) is 11.1 Å². The number of benzene rings is 3. The van der Waals surface area contributed by atoms with Crippen LogP contribution >= 0.6 is 0 Å². The van der Waals surface area contributed by atoms with Gasteiger partial charge < -0.3 is 4.57 Å². The number of hydrogen-bond acceptors (Lipinski definition) is 1. The minimum atomic E-state index is 0.0521. The number of aromatic nitrogens is 1. The molecule has 2 heteroatoms. The fourth-order valence-electron chi connectivity index (χ4n) is 3.17. The first-order valence-corrected chi connectivity index (χ1v) is 8.70. The highest BCUT2D eigenvalue weighted by Gasteiger charge is 2.17. The second-order valence-corrected chi connectivity index (χ2v) is 6.30. The molecular formula is C24H19NO. The summed E-state index contributed by atoms with van der Waals surface area (Å²) < 4.78 is 2.09. The van der Waals surface area contributed by atoms with Crippen LogP contribution in [0.5, 0.6) is 0 Å². The molecule has 0 spiro atoms. The van der Waals surface area contributed by atoms with E-state index in [9.17, 15) is 4.79 Å². The Labute approximate surface area is 153 Å². The van der Waals surface area contributed by atoms with Crippen LogP contribution in [0.4, 0.5) is 0 Å². The van der Waals surface area contributed by atoms with Gasteiger partial charge in [-0.25, -0.2) is 0 Å². The number of ketones is 1. The predicted molar refractivity (Wildman–Crippen MR) is 105 cm³/mol. The maximum absolute atomic E-state index is 13.1. The zero-order valence-electron chi connectivity index (χ0n) is 14.4. The molecule has 0 radical (unpaired) electrons. The van der Waals surface area contributed by atoms with Crippen LogP contribution in [0.15, 0.2) is 103 Å². The number of carbonyl (C=O) groups excluding carboxylic acids is 1. The fourth-order valence-corrected chi connectivity index (χ4v) is 3.17.